The average molecular weight is 300 g/mol. The number of unbranched alkanes of at least 4 members (excludes halogenated alkanes) is 1. The van der Waals surface area contributed by atoms with Crippen molar-refractivity contribution in [3.63, 3.8) is 0 Å². The monoisotopic (exact) mass is 300 g/mol. The Morgan fingerprint density at radius 3 is 2.55 bits per heavy atom. The van der Waals surface area contributed by atoms with Gasteiger partial charge in [-0.3, -0.25) is 0 Å². The Morgan fingerprint density at radius 1 is 1.35 bits per heavy atom. The van der Waals surface area contributed by atoms with Crippen molar-refractivity contribution in [2.24, 2.45) is 0 Å². The summed E-state index contributed by atoms with van der Waals surface area (Å²) < 4.78 is 32.2. The Kier molecular flexibility index (Phi) is 5.98. The molecule has 0 bridgehead atoms. The molecule has 0 atom stereocenters. The number of aryl methyl sites for hydroxylation is 2. The summed E-state index contributed by atoms with van der Waals surface area (Å²) in [7, 11) is -0.133. The molecule has 1 aromatic rings. The molecule has 5 nitrogen and oxygen atoms in total. The number of rotatable bonds is 8. The first kappa shape index (κ1) is 16.9. The molecule has 1 rings (SSSR count). The average Bonchev–Trinajstić information content (AvgIpc) is 2.65. The highest BCUT2D eigenvalue weighted by Gasteiger charge is 2.29. The summed E-state index contributed by atoms with van der Waals surface area (Å²) in [6.45, 7) is 8.06. The molecule has 1 N–H and O–H groups in total. The fourth-order valence-electron chi connectivity index (χ4n) is 2.16. The zero-order valence-electron chi connectivity index (χ0n) is 12.7. The summed E-state index contributed by atoms with van der Waals surface area (Å²) >= 11 is 0. The quantitative estimate of drug-likeness (QED) is 0.590. The molecule has 1 aromatic heterocycles. The molecule has 0 aliphatic heterocycles. The standard InChI is InChI=1S/C14H24N2O3S/c1-6-7-8-9-16(5)20(17,18)14-12(3)19-11(2)13(14)10-15-4/h6,15H,1,7-10H2,2-5H3. The van der Waals surface area contributed by atoms with Gasteiger partial charge in [0.15, 0.2) is 0 Å². The lowest BCUT2D eigenvalue weighted by Gasteiger charge is -2.17. The van der Waals surface area contributed by atoms with Crippen molar-refractivity contribution < 1.29 is 12.8 Å². The van der Waals surface area contributed by atoms with Gasteiger partial charge in [-0.05, 0) is 33.7 Å². The van der Waals surface area contributed by atoms with Gasteiger partial charge in [-0.15, -0.1) is 6.58 Å². The number of sulfonamides is 1. The molecule has 0 saturated heterocycles. The number of hydrogen-bond acceptors (Lipinski definition) is 4. The van der Waals surface area contributed by atoms with E-state index in [-0.39, 0.29) is 0 Å². The third-order valence-corrected chi connectivity index (χ3v) is 5.28. The van der Waals surface area contributed by atoms with Crippen LogP contribution in [0.15, 0.2) is 22.0 Å². The lowest BCUT2D eigenvalue weighted by atomic mass is 10.2. The van der Waals surface area contributed by atoms with Crippen LogP contribution in [0.25, 0.3) is 0 Å². The fraction of sp³-hybridized carbons (Fsp3) is 0.571. The van der Waals surface area contributed by atoms with E-state index in [0.717, 1.165) is 12.8 Å². The van der Waals surface area contributed by atoms with E-state index in [9.17, 15) is 8.42 Å². The number of furan rings is 1. The Hall–Kier alpha value is -1.11. The topological polar surface area (TPSA) is 62.6 Å². The van der Waals surface area contributed by atoms with E-state index in [4.69, 9.17) is 4.42 Å². The largest absolute Gasteiger partial charge is 0.465 e. The van der Waals surface area contributed by atoms with Gasteiger partial charge in [-0.2, -0.15) is 0 Å². The molecule has 0 aliphatic carbocycles. The third kappa shape index (κ3) is 3.50. The molecular weight excluding hydrogens is 276 g/mol. The Bertz CT molecular complexity index is 561. The van der Waals surface area contributed by atoms with Gasteiger partial charge < -0.3 is 9.73 Å². The van der Waals surface area contributed by atoms with E-state index in [1.807, 2.05) is 0 Å². The molecule has 0 amide bonds. The highest BCUT2D eigenvalue weighted by molar-refractivity contribution is 7.89. The minimum absolute atomic E-state index is 0.297. The van der Waals surface area contributed by atoms with E-state index in [1.54, 1.807) is 34.0 Å². The second kappa shape index (κ2) is 7.06. The van der Waals surface area contributed by atoms with E-state index < -0.39 is 10.0 Å². The summed E-state index contributed by atoms with van der Waals surface area (Å²) in [6.07, 6.45) is 3.35. The van der Waals surface area contributed by atoms with Gasteiger partial charge in [0.05, 0.1) is 0 Å². The predicted octanol–water partition coefficient (Wildman–Crippen LogP) is 2.20. The lowest BCUT2D eigenvalue weighted by molar-refractivity contribution is 0.456. The molecule has 0 unspecified atom stereocenters. The lowest BCUT2D eigenvalue weighted by Crippen LogP contribution is -2.29. The number of allylic oxidation sites excluding steroid dienone is 1. The SMILES string of the molecule is C=CCCCN(C)S(=O)(=O)c1c(C)oc(C)c1CNC. The van der Waals surface area contributed by atoms with E-state index in [1.165, 1.54) is 4.31 Å². The zero-order chi connectivity index (χ0) is 15.3. The minimum Gasteiger partial charge on any atom is -0.465 e. The van der Waals surface area contributed by atoms with Crippen molar-refractivity contribution in [3.8, 4) is 0 Å². The third-order valence-electron chi connectivity index (χ3n) is 3.23. The maximum Gasteiger partial charge on any atom is 0.246 e. The maximum absolute atomic E-state index is 12.7. The van der Waals surface area contributed by atoms with Gasteiger partial charge in [0, 0.05) is 25.7 Å². The normalized spacial score (nSPS) is 12.1. The van der Waals surface area contributed by atoms with Crippen molar-refractivity contribution in [2.45, 2.75) is 38.1 Å². The molecule has 0 spiro atoms. The second-order valence-electron chi connectivity index (χ2n) is 4.81. The van der Waals surface area contributed by atoms with Crippen molar-refractivity contribution >= 4 is 10.0 Å². The van der Waals surface area contributed by atoms with Gasteiger partial charge >= 0.3 is 0 Å². The summed E-state index contributed by atoms with van der Waals surface area (Å²) in [4.78, 5) is 0.297. The molecule has 6 heteroatoms. The Morgan fingerprint density at radius 2 is 2.00 bits per heavy atom. The van der Waals surface area contributed by atoms with Crippen molar-refractivity contribution in [2.75, 3.05) is 20.6 Å². The fourth-order valence-corrected chi connectivity index (χ4v) is 3.78. The van der Waals surface area contributed by atoms with E-state index >= 15 is 0 Å². The van der Waals surface area contributed by atoms with Crippen molar-refractivity contribution in [1.82, 2.24) is 9.62 Å². The maximum atomic E-state index is 12.7. The summed E-state index contributed by atoms with van der Waals surface area (Å²) in [5.41, 5.74) is 0.709. The first-order valence-electron chi connectivity index (χ1n) is 6.67. The van der Waals surface area contributed by atoms with Gasteiger partial charge in [-0.25, -0.2) is 12.7 Å². The molecule has 0 aromatic carbocycles. The van der Waals surface area contributed by atoms with Crippen LogP contribution in [0.3, 0.4) is 0 Å². The molecule has 114 valence electrons. The number of nitrogens with one attached hydrogen (secondary N) is 1. The van der Waals surface area contributed by atoms with Crippen molar-refractivity contribution in [1.29, 1.82) is 0 Å². The van der Waals surface area contributed by atoms with Crippen LogP contribution in [0.4, 0.5) is 0 Å². The van der Waals surface area contributed by atoms with Gasteiger partial charge in [0.2, 0.25) is 10.0 Å². The number of nitrogens with zero attached hydrogens (tertiary/aromatic N) is 1. The van der Waals surface area contributed by atoms with Crippen LogP contribution < -0.4 is 5.32 Å². The summed E-state index contributed by atoms with van der Waals surface area (Å²) in [5.74, 6) is 1.10. The molecule has 0 radical (unpaired) electrons. The van der Waals surface area contributed by atoms with Crippen molar-refractivity contribution in [3.05, 3.63) is 29.7 Å². The predicted molar refractivity (Wildman–Crippen MR) is 80.2 cm³/mol. The summed E-state index contributed by atoms with van der Waals surface area (Å²) in [5, 5.41) is 2.99. The second-order valence-corrected chi connectivity index (χ2v) is 6.79. The Labute approximate surface area is 121 Å². The van der Waals surface area contributed by atoms with Crippen LogP contribution >= 0.6 is 0 Å². The van der Waals surface area contributed by atoms with Crippen LogP contribution in [0.5, 0.6) is 0 Å². The smallest absolute Gasteiger partial charge is 0.246 e. The minimum atomic E-state index is -3.52. The summed E-state index contributed by atoms with van der Waals surface area (Å²) in [6, 6.07) is 0. The van der Waals surface area contributed by atoms with Crippen LogP contribution in [0.2, 0.25) is 0 Å². The Balaban J connectivity index is 3.11. The van der Waals surface area contributed by atoms with Crippen LogP contribution in [0, 0.1) is 13.8 Å². The molecule has 1 heterocycles. The van der Waals surface area contributed by atoms with E-state index in [2.05, 4.69) is 11.9 Å². The molecule has 0 fully saturated rings. The first-order valence-corrected chi connectivity index (χ1v) is 8.11. The van der Waals surface area contributed by atoms with E-state index in [0.29, 0.717) is 35.1 Å². The highest BCUT2D eigenvalue weighted by Crippen LogP contribution is 2.28. The van der Waals surface area contributed by atoms with Gasteiger partial charge in [-0.1, -0.05) is 6.08 Å². The highest BCUT2D eigenvalue weighted by atomic mass is 32.2. The molecule has 0 saturated carbocycles. The van der Waals surface area contributed by atoms with Gasteiger partial charge in [0.1, 0.15) is 16.4 Å². The van der Waals surface area contributed by atoms with Crippen LogP contribution in [0.1, 0.15) is 29.9 Å². The van der Waals surface area contributed by atoms with Crippen LogP contribution in [-0.2, 0) is 16.6 Å². The number of hydrogen-bond donors (Lipinski definition) is 1. The van der Waals surface area contributed by atoms with Gasteiger partial charge in [0.25, 0.3) is 0 Å². The molecule has 20 heavy (non-hydrogen) atoms. The molecule has 0 aliphatic rings. The zero-order valence-corrected chi connectivity index (χ0v) is 13.5. The van der Waals surface area contributed by atoms with Crippen LogP contribution in [-0.4, -0.2) is 33.4 Å². The first-order chi connectivity index (χ1) is 9.36. The molecular formula is C14H24N2O3S.